The molecule has 0 unspecified atom stereocenters. The molecule has 162 valence electrons. The van der Waals surface area contributed by atoms with Crippen molar-refractivity contribution < 1.29 is 22.7 Å². The molecule has 0 saturated heterocycles. The van der Waals surface area contributed by atoms with Gasteiger partial charge in [-0.15, -0.1) is 0 Å². The number of methoxy groups -OCH3 is 2. The molecule has 2 N–H and O–H groups in total. The number of rotatable bonds is 8. The first-order valence-corrected chi connectivity index (χ1v) is 11.1. The molecule has 0 aliphatic heterocycles. The van der Waals surface area contributed by atoms with Crippen molar-refractivity contribution in [3.05, 3.63) is 82.9 Å². The molecule has 0 aromatic heterocycles. The van der Waals surface area contributed by atoms with Gasteiger partial charge in [0.15, 0.2) is 0 Å². The van der Waals surface area contributed by atoms with E-state index in [4.69, 9.17) is 21.1 Å². The summed E-state index contributed by atoms with van der Waals surface area (Å²) in [6.07, 6.45) is 0. The van der Waals surface area contributed by atoms with Crippen LogP contribution in [0.4, 0.5) is 5.69 Å². The van der Waals surface area contributed by atoms with E-state index in [-0.39, 0.29) is 17.1 Å². The predicted octanol–water partition coefficient (Wildman–Crippen LogP) is 4.09. The number of carbonyl (C=O) groups excluding carboxylic acids is 1. The number of benzene rings is 3. The van der Waals surface area contributed by atoms with E-state index in [1.54, 1.807) is 49.6 Å². The molecular weight excluding hydrogens is 440 g/mol. The molecular formula is C22H21ClN2O5S. The Hall–Kier alpha value is -3.07. The average Bonchev–Trinajstić information content (AvgIpc) is 2.78. The van der Waals surface area contributed by atoms with E-state index in [0.29, 0.717) is 22.1 Å². The van der Waals surface area contributed by atoms with Crippen LogP contribution in [0.3, 0.4) is 0 Å². The third-order valence-electron chi connectivity index (χ3n) is 4.44. The Balaban J connectivity index is 1.79. The molecule has 9 heteroatoms. The Morgan fingerprint density at radius 1 is 0.968 bits per heavy atom. The summed E-state index contributed by atoms with van der Waals surface area (Å²) >= 11 is 5.94. The van der Waals surface area contributed by atoms with Gasteiger partial charge in [0.1, 0.15) is 11.5 Å². The summed E-state index contributed by atoms with van der Waals surface area (Å²) < 4.78 is 38.4. The van der Waals surface area contributed by atoms with Crippen LogP contribution < -0.4 is 19.5 Å². The van der Waals surface area contributed by atoms with Crippen LogP contribution in [-0.2, 0) is 16.6 Å². The molecule has 1 amide bonds. The quantitative estimate of drug-likeness (QED) is 0.528. The van der Waals surface area contributed by atoms with Crippen LogP contribution in [0.25, 0.3) is 0 Å². The third-order valence-corrected chi connectivity index (χ3v) is 6.08. The lowest BCUT2D eigenvalue weighted by atomic mass is 10.2. The van der Waals surface area contributed by atoms with Crippen molar-refractivity contribution in [1.82, 2.24) is 4.72 Å². The fourth-order valence-electron chi connectivity index (χ4n) is 2.78. The predicted molar refractivity (Wildman–Crippen MR) is 119 cm³/mol. The molecule has 7 nitrogen and oxygen atoms in total. The maximum atomic E-state index is 12.8. The van der Waals surface area contributed by atoms with Crippen molar-refractivity contribution in [2.75, 3.05) is 19.5 Å². The smallest absolute Gasteiger partial charge is 0.255 e. The third kappa shape index (κ3) is 5.75. The maximum absolute atomic E-state index is 12.8. The Labute approximate surface area is 186 Å². The number of halogens is 1. The molecule has 0 atom stereocenters. The molecule has 0 fully saturated rings. The largest absolute Gasteiger partial charge is 0.497 e. The normalized spacial score (nSPS) is 11.1. The van der Waals surface area contributed by atoms with Gasteiger partial charge >= 0.3 is 0 Å². The van der Waals surface area contributed by atoms with Crippen LogP contribution in [0.15, 0.2) is 71.6 Å². The van der Waals surface area contributed by atoms with Crippen LogP contribution in [0.2, 0.25) is 5.02 Å². The minimum absolute atomic E-state index is 0.0109. The SMILES string of the molecule is COc1ccc(CNS(=O)(=O)c2ccc(OC)c(NC(=O)c3cccc(Cl)c3)c2)cc1. The van der Waals surface area contributed by atoms with Gasteiger partial charge in [0.25, 0.3) is 5.91 Å². The Kier molecular flexibility index (Phi) is 7.17. The van der Waals surface area contributed by atoms with Crippen molar-refractivity contribution in [2.45, 2.75) is 11.4 Å². The van der Waals surface area contributed by atoms with Gasteiger partial charge in [0, 0.05) is 17.1 Å². The van der Waals surface area contributed by atoms with Gasteiger partial charge in [0.05, 0.1) is 24.8 Å². The zero-order valence-electron chi connectivity index (χ0n) is 16.9. The molecule has 3 aromatic carbocycles. The number of ether oxygens (including phenoxy) is 2. The van der Waals surface area contributed by atoms with Gasteiger partial charge in [0.2, 0.25) is 10.0 Å². The molecule has 0 aliphatic rings. The molecule has 0 heterocycles. The Morgan fingerprint density at radius 2 is 1.71 bits per heavy atom. The Morgan fingerprint density at radius 3 is 2.35 bits per heavy atom. The molecule has 3 aromatic rings. The van der Waals surface area contributed by atoms with E-state index in [0.717, 1.165) is 5.56 Å². The van der Waals surface area contributed by atoms with E-state index in [9.17, 15) is 13.2 Å². The summed E-state index contributed by atoms with van der Waals surface area (Å²) in [5.41, 5.74) is 1.33. The second-order valence-electron chi connectivity index (χ2n) is 6.50. The summed E-state index contributed by atoms with van der Waals surface area (Å²) in [4.78, 5) is 12.5. The van der Waals surface area contributed by atoms with Crippen LogP contribution in [0.5, 0.6) is 11.5 Å². The minimum atomic E-state index is -3.84. The van der Waals surface area contributed by atoms with Gasteiger partial charge in [-0.05, 0) is 54.1 Å². The summed E-state index contributed by atoms with van der Waals surface area (Å²) in [7, 11) is -0.847. The summed E-state index contributed by atoms with van der Waals surface area (Å²) in [5, 5.41) is 3.09. The summed E-state index contributed by atoms with van der Waals surface area (Å²) in [5.74, 6) is 0.563. The number of nitrogens with one attached hydrogen (secondary N) is 2. The van der Waals surface area contributed by atoms with E-state index in [1.165, 1.54) is 31.4 Å². The van der Waals surface area contributed by atoms with E-state index in [1.807, 2.05) is 0 Å². The van der Waals surface area contributed by atoms with Gasteiger partial charge in [-0.1, -0.05) is 29.8 Å². The average molecular weight is 461 g/mol. The fraction of sp³-hybridized carbons (Fsp3) is 0.136. The first-order chi connectivity index (χ1) is 14.8. The second-order valence-corrected chi connectivity index (χ2v) is 8.70. The van der Waals surface area contributed by atoms with Crippen molar-refractivity contribution >= 4 is 33.2 Å². The number of anilines is 1. The fourth-order valence-corrected chi connectivity index (χ4v) is 4.02. The number of hydrogen-bond donors (Lipinski definition) is 2. The van der Waals surface area contributed by atoms with Crippen LogP contribution in [0.1, 0.15) is 15.9 Å². The molecule has 0 bridgehead atoms. The zero-order chi connectivity index (χ0) is 22.4. The lowest BCUT2D eigenvalue weighted by Crippen LogP contribution is -2.23. The standard InChI is InChI=1S/C22H21ClN2O5S/c1-29-18-8-6-15(7-9-18)14-24-31(27,28)19-10-11-21(30-2)20(13-19)25-22(26)16-4-3-5-17(23)12-16/h3-13,24H,14H2,1-2H3,(H,25,26). The lowest BCUT2D eigenvalue weighted by molar-refractivity contribution is 0.102. The number of carbonyl (C=O) groups is 1. The van der Waals surface area contributed by atoms with Crippen LogP contribution in [-0.4, -0.2) is 28.5 Å². The molecule has 0 aliphatic carbocycles. The van der Waals surface area contributed by atoms with Crippen molar-refractivity contribution in [2.24, 2.45) is 0 Å². The van der Waals surface area contributed by atoms with E-state index < -0.39 is 15.9 Å². The zero-order valence-corrected chi connectivity index (χ0v) is 18.5. The van der Waals surface area contributed by atoms with Crippen molar-refractivity contribution in [3.63, 3.8) is 0 Å². The van der Waals surface area contributed by atoms with Gasteiger partial charge in [-0.2, -0.15) is 0 Å². The number of amides is 1. The highest BCUT2D eigenvalue weighted by atomic mass is 35.5. The van der Waals surface area contributed by atoms with Crippen LogP contribution in [0, 0.1) is 0 Å². The molecule has 0 radical (unpaired) electrons. The maximum Gasteiger partial charge on any atom is 0.255 e. The molecule has 0 spiro atoms. The van der Waals surface area contributed by atoms with Gasteiger partial charge < -0.3 is 14.8 Å². The topological polar surface area (TPSA) is 93.7 Å². The molecule has 3 rings (SSSR count). The lowest BCUT2D eigenvalue weighted by Gasteiger charge is -2.13. The van der Waals surface area contributed by atoms with Gasteiger partial charge in [-0.25, -0.2) is 13.1 Å². The summed E-state index contributed by atoms with van der Waals surface area (Å²) in [6.45, 7) is 0.0998. The van der Waals surface area contributed by atoms with Gasteiger partial charge in [-0.3, -0.25) is 4.79 Å². The minimum Gasteiger partial charge on any atom is -0.497 e. The van der Waals surface area contributed by atoms with Crippen LogP contribution >= 0.6 is 11.6 Å². The second kappa shape index (κ2) is 9.82. The summed E-state index contributed by atoms with van der Waals surface area (Å²) in [6, 6.07) is 17.7. The Bertz CT molecular complexity index is 1180. The molecule has 31 heavy (non-hydrogen) atoms. The molecule has 0 saturated carbocycles. The monoisotopic (exact) mass is 460 g/mol. The number of sulfonamides is 1. The first kappa shape index (κ1) is 22.6. The van der Waals surface area contributed by atoms with Crippen molar-refractivity contribution in [3.8, 4) is 11.5 Å². The first-order valence-electron chi connectivity index (χ1n) is 9.20. The highest BCUT2D eigenvalue weighted by Gasteiger charge is 2.18. The highest BCUT2D eigenvalue weighted by molar-refractivity contribution is 7.89. The number of hydrogen-bond acceptors (Lipinski definition) is 5. The van der Waals surface area contributed by atoms with E-state index >= 15 is 0 Å². The van der Waals surface area contributed by atoms with Crippen molar-refractivity contribution in [1.29, 1.82) is 0 Å². The highest BCUT2D eigenvalue weighted by Crippen LogP contribution is 2.28. The van der Waals surface area contributed by atoms with E-state index in [2.05, 4.69) is 10.0 Å².